The average Bonchev–Trinajstić information content (AvgIpc) is 2.83. The Kier molecular flexibility index (Phi) is 4.14. The molecule has 110 valence electrons. The second-order valence-electron chi connectivity index (χ2n) is 5.72. The number of ether oxygens (including phenoxy) is 1. The van der Waals surface area contributed by atoms with Gasteiger partial charge in [0.05, 0.1) is 24.9 Å². The maximum atomic E-state index is 9.09. The topological polar surface area (TPSA) is 70.5 Å². The van der Waals surface area contributed by atoms with E-state index in [0.717, 1.165) is 38.9 Å². The zero-order valence-corrected chi connectivity index (χ0v) is 11.7. The Morgan fingerprint density at radius 2 is 2.30 bits per heavy atom. The summed E-state index contributed by atoms with van der Waals surface area (Å²) in [6.45, 7) is 3.64. The van der Waals surface area contributed by atoms with Crippen molar-refractivity contribution in [2.75, 3.05) is 38.2 Å². The minimum absolute atomic E-state index is 0.0557. The first-order chi connectivity index (χ1) is 9.80. The highest BCUT2D eigenvalue weighted by molar-refractivity contribution is 5.25. The zero-order valence-electron chi connectivity index (χ0n) is 11.7. The summed E-state index contributed by atoms with van der Waals surface area (Å²) in [4.78, 5) is 10.7. The van der Waals surface area contributed by atoms with Gasteiger partial charge in [-0.05, 0) is 25.5 Å². The number of hydrogen-bond donors (Lipinski definition) is 2. The second kappa shape index (κ2) is 6.03. The van der Waals surface area contributed by atoms with E-state index in [0.29, 0.717) is 12.6 Å². The molecule has 6 nitrogen and oxygen atoms in total. The lowest BCUT2D eigenvalue weighted by Gasteiger charge is -2.39. The van der Waals surface area contributed by atoms with Crippen LogP contribution in [0.3, 0.4) is 0 Å². The number of hydrogen-bond acceptors (Lipinski definition) is 6. The number of likely N-dealkylation sites (tertiary alicyclic amines) is 1. The first-order valence-corrected chi connectivity index (χ1v) is 7.30. The molecule has 2 N–H and O–H groups in total. The maximum absolute atomic E-state index is 9.09. The molecule has 2 aliphatic rings. The van der Waals surface area contributed by atoms with Gasteiger partial charge in [0.15, 0.2) is 0 Å². The summed E-state index contributed by atoms with van der Waals surface area (Å²) in [5.41, 5.74) is -0.0557. The number of nitrogens with zero attached hydrogens (tertiary/aromatic N) is 3. The van der Waals surface area contributed by atoms with Crippen molar-refractivity contribution in [2.24, 2.45) is 0 Å². The summed E-state index contributed by atoms with van der Waals surface area (Å²) in [5.74, 6) is 0.668. The van der Waals surface area contributed by atoms with Gasteiger partial charge >= 0.3 is 0 Å². The Balaban J connectivity index is 1.58. The normalized spacial score (nSPS) is 30.8. The van der Waals surface area contributed by atoms with E-state index in [-0.39, 0.29) is 18.2 Å². The molecule has 20 heavy (non-hydrogen) atoms. The number of β-amino-alcohol motifs (C(OH)–C–C–N with tert-alkyl or cyclic N) is 1. The van der Waals surface area contributed by atoms with Gasteiger partial charge in [-0.2, -0.15) is 0 Å². The Hall–Kier alpha value is -1.24. The summed E-state index contributed by atoms with van der Waals surface area (Å²) in [7, 11) is 0. The van der Waals surface area contributed by atoms with E-state index in [1.807, 2.05) is 6.07 Å². The third-order valence-electron chi connectivity index (χ3n) is 4.14. The number of aliphatic hydroxyl groups excluding tert-OH is 1. The molecule has 0 radical (unpaired) electrons. The number of anilines is 1. The lowest BCUT2D eigenvalue weighted by atomic mass is 9.89. The molecular weight excluding hydrogens is 256 g/mol. The molecule has 0 bridgehead atoms. The third kappa shape index (κ3) is 3.08. The Morgan fingerprint density at radius 1 is 1.45 bits per heavy atom. The van der Waals surface area contributed by atoms with Crippen molar-refractivity contribution in [3.8, 4) is 0 Å². The molecule has 2 fully saturated rings. The maximum Gasteiger partial charge on any atom is 0.222 e. The number of piperidine rings is 1. The Labute approximate surface area is 119 Å². The van der Waals surface area contributed by atoms with E-state index in [9.17, 15) is 0 Å². The van der Waals surface area contributed by atoms with Crippen LogP contribution >= 0.6 is 0 Å². The predicted octanol–water partition coefficient (Wildman–Crippen LogP) is 0.504. The van der Waals surface area contributed by atoms with Gasteiger partial charge in [-0.1, -0.05) is 0 Å². The van der Waals surface area contributed by atoms with Crippen LogP contribution in [-0.2, 0) is 4.74 Å². The molecule has 1 spiro atoms. The zero-order chi connectivity index (χ0) is 13.8. The van der Waals surface area contributed by atoms with E-state index < -0.39 is 0 Å². The molecule has 1 aromatic heterocycles. The van der Waals surface area contributed by atoms with Crippen LogP contribution in [0.15, 0.2) is 18.5 Å². The van der Waals surface area contributed by atoms with Crippen molar-refractivity contribution in [2.45, 2.75) is 30.9 Å². The first-order valence-electron chi connectivity index (χ1n) is 7.30. The SMILES string of the molecule is OCCN1CCCC2(CC(Nc3ncccn3)CO2)C1. The van der Waals surface area contributed by atoms with Gasteiger partial charge in [0, 0.05) is 31.9 Å². The fourth-order valence-electron chi connectivity index (χ4n) is 3.30. The molecular formula is C14H22N4O2. The minimum atomic E-state index is -0.0557. The molecule has 2 saturated heterocycles. The largest absolute Gasteiger partial charge is 0.395 e. The first kappa shape index (κ1) is 13.7. The van der Waals surface area contributed by atoms with Crippen molar-refractivity contribution in [1.29, 1.82) is 0 Å². The molecule has 2 aliphatic heterocycles. The van der Waals surface area contributed by atoms with Crippen LogP contribution in [0, 0.1) is 0 Å². The van der Waals surface area contributed by atoms with Crippen molar-refractivity contribution in [1.82, 2.24) is 14.9 Å². The van der Waals surface area contributed by atoms with Crippen LogP contribution in [0.5, 0.6) is 0 Å². The van der Waals surface area contributed by atoms with Crippen LogP contribution < -0.4 is 5.32 Å². The third-order valence-corrected chi connectivity index (χ3v) is 4.14. The van der Waals surface area contributed by atoms with E-state index >= 15 is 0 Å². The summed E-state index contributed by atoms with van der Waals surface area (Å²) in [6.07, 6.45) is 6.69. The van der Waals surface area contributed by atoms with Crippen molar-refractivity contribution >= 4 is 5.95 Å². The van der Waals surface area contributed by atoms with Crippen LogP contribution in [-0.4, -0.2) is 64.5 Å². The van der Waals surface area contributed by atoms with Gasteiger partial charge in [-0.25, -0.2) is 9.97 Å². The van der Waals surface area contributed by atoms with Crippen molar-refractivity contribution in [3.63, 3.8) is 0 Å². The lowest BCUT2D eigenvalue weighted by molar-refractivity contribution is -0.0536. The van der Waals surface area contributed by atoms with E-state index in [1.165, 1.54) is 0 Å². The highest BCUT2D eigenvalue weighted by Gasteiger charge is 2.43. The fraction of sp³-hybridized carbons (Fsp3) is 0.714. The highest BCUT2D eigenvalue weighted by Crippen LogP contribution is 2.35. The highest BCUT2D eigenvalue weighted by atomic mass is 16.5. The molecule has 2 unspecified atom stereocenters. The molecule has 0 saturated carbocycles. The molecule has 0 aliphatic carbocycles. The summed E-state index contributed by atoms with van der Waals surface area (Å²) in [6, 6.07) is 2.08. The minimum Gasteiger partial charge on any atom is -0.395 e. The van der Waals surface area contributed by atoms with Crippen molar-refractivity contribution in [3.05, 3.63) is 18.5 Å². The summed E-state index contributed by atoms with van der Waals surface area (Å²) in [5, 5.41) is 12.4. The van der Waals surface area contributed by atoms with E-state index in [1.54, 1.807) is 12.4 Å². The smallest absolute Gasteiger partial charge is 0.222 e. The Bertz CT molecular complexity index is 428. The summed E-state index contributed by atoms with van der Waals surface area (Å²) < 4.78 is 6.10. The van der Waals surface area contributed by atoms with Gasteiger partial charge in [0.2, 0.25) is 5.95 Å². The Morgan fingerprint density at radius 3 is 3.10 bits per heavy atom. The lowest BCUT2D eigenvalue weighted by Crippen LogP contribution is -2.48. The molecule has 3 heterocycles. The second-order valence-corrected chi connectivity index (χ2v) is 5.72. The van der Waals surface area contributed by atoms with Crippen LogP contribution in [0.2, 0.25) is 0 Å². The van der Waals surface area contributed by atoms with Gasteiger partial charge in [-0.3, -0.25) is 4.90 Å². The van der Waals surface area contributed by atoms with Crippen LogP contribution in [0.1, 0.15) is 19.3 Å². The molecule has 6 heteroatoms. The van der Waals surface area contributed by atoms with Crippen LogP contribution in [0.25, 0.3) is 0 Å². The van der Waals surface area contributed by atoms with Gasteiger partial charge in [0.25, 0.3) is 0 Å². The molecule has 0 amide bonds. The van der Waals surface area contributed by atoms with E-state index in [4.69, 9.17) is 9.84 Å². The van der Waals surface area contributed by atoms with Gasteiger partial charge in [0.1, 0.15) is 0 Å². The molecule has 0 aromatic carbocycles. The van der Waals surface area contributed by atoms with Crippen molar-refractivity contribution < 1.29 is 9.84 Å². The number of aliphatic hydroxyl groups is 1. The van der Waals surface area contributed by atoms with Crippen LogP contribution in [0.4, 0.5) is 5.95 Å². The number of nitrogens with one attached hydrogen (secondary N) is 1. The van der Waals surface area contributed by atoms with E-state index in [2.05, 4.69) is 20.2 Å². The quantitative estimate of drug-likeness (QED) is 0.836. The standard InChI is InChI=1S/C14H22N4O2/c19-8-7-18-6-1-3-14(11-18)9-12(10-20-14)17-13-15-4-2-5-16-13/h2,4-5,12,19H,1,3,6-11H2,(H,15,16,17). The molecule has 2 atom stereocenters. The predicted molar refractivity (Wildman–Crippen MR) is 75.5 cm³/mol. The van der Waals surface area contributed by atoms with Gasteiger partial charge in [-0.15, -0.1) is 0 Å². The fourth-order valence-corrected chi connectivity index (χ4v) is 3.30. The molecule has 3 rings (SSSR count). The average molecular weight is 278 g/mol. The monoisotopic (exact) mass is 278 g/mol. The summed E-state index contributed by atoms with van der Waals surface area (Å²) >= 11 is 0. The number of rotatable bonds is 4. The number of aromatic nitrogens is 2. The van der Waals surface area contributed by atoms with Gasteiger partial charge < -0.3 is 15.2 Å². The molecule has 1 aromatic rings.